The number of halogens is 1. The Morgan fingerprint density at radius 1 is 1.07 bits per heavy atom. The van der Waals surface area contributed by atoms with Gasteiger partial charge in [-0.05, 0) is 79.0 Å². The van der Waals surface area contributed by atoms with Crippen molar-refractivity contribution in [1.29, 1.82) is 0 Å². The summed E-state index contributed by atoms with van der Waals surface area (Å²) in [5, 5.41) is 8.01. The zero-order chi connectivity index (χ0) is 28.8. The maximum Gasteiger partial charge on any atom is 0.282 e. The van der Waals surface area contributed by atoms with Crippen LogP contribution >= 0.6 is 15.9 Å². The molecule has 212 valence electrons. The van der Waals surface area contributed by atoms with Crippen LogP contribution in [0.3, 0.4) is 0 Å². The fourth-order valence-corrected chi connectivity index (χ4v) is 5.43. The highest BCUT2D eigenvalue weighted by molar-refractivity contribution is 9.10. The lowest BCUT2D eigenvalue weighted by atomic mass is 9.88. The van der Waals surface area contributed by atoms with Crippen LogP contribution in [-0.4, -0.2) is 35.0 Å². The summed E-state index contributed by atoms with van der Waals surface area (Å²) in [6.07, 6.45) is 7.04. The second-order valence-corrected chi connectivity index (χ2v) is 11.0. The minimum absolute atomic E-state index is 0.183. The molecule has 0 atom stereocenters. The second kappa shape index (κ2) is 13.1. The molecule has 1 heterocycles. The third-order valence-electron chi connectivity index (χ3n) is 7.12. The van der Waals surface area contributed by atoms with Crippen LogP contribution in [0.4, 0.5) is 5.69 Å². The summed E-state index contributed by atoms with van der Waals surface area (Å²) < 4.78 is 13.8. The Bertz CT molecular complexity index is 1630. The van der Waals surface area contributed by atoms with Gasteiger partial charge in [0.05, 0.1) is 23.7 Å². The molecule has 4 aromatic rings. The number of nitrogens with one attached hydrogen (secondary N) is 1. The molecular formula is C32H33BrN4O4. The van der Waals surface area contributed by atoms with E-state index in [-0.39, 0.29) is 24.0 Å². The Labute approximate surface area is 247 Å². The van der Waals surface area contributed by atoms with Crippen LogP contribution in [-0.2, 0) is 4.79 Å². The van der Waals surface area contributed by atoms with Gasteiger partial charge in [-0.2, -0.15) is 9.78 Å². The number of aromatic nitrogens is 2. The molecule has 0 saturated heterocycles. The largest absolute Gasteiger partial charge is 0.490 e. The highest BCUT2D eigenvalue weighted by atomic mass is 79.9. The van der Waals surface area contributed by atoms with Gasteiger partial charge in [0.15, 0.2) is 18.1 Å². The summed E-state index contributed by atoms with van der Waals surface area (Å²) in [6.45, 7) is 4.09. The van der Waals surface area contributed by atoms with E-state index in [2.05, 4.69) is 26.3 Å². The van der Waals surface area contributed by atoms with E-state index < -0.39 is 0 Å². The molecule has 1 aromatic heterocycles. The summed E-state index contributed by atoms with van der Waals surface area (Å²) in [6, 6.07) is 18.5. The molecule has 1 fully saturated rings. The van der Waals surface area contributed by atoms with Crippen molar-refractivity contribution in [2.45, 2.75) is 51.9 Å². The molecule has 0 spiro atoms. The van der Waals surface area contributed by atoms with E-state index in [1.165, 1.54) is 11.1 Å². The fourth-order valence-electron chi connectivity index (χ4n) is 5.01. The maximum absolute atomic E-state index is 13.5. The number of fused-ring (bicyclic) bond motifs is 1. The van der Waals surface area contributed by atoms with Crippen LogP contribution in [0.25, 0.3) is 10.9 Å². The summed E-state index contributed by atoms with van der Waals surface area (Å²) >= 11 is 3.60. The van der Waals surface area contributed by atoms with Crippen LogP contribution in [0, 0.1) is 6.92 Å². The van der Waals surface area contributed by atoms with Crippen LogP contribution < -0.4 is 20.3 Å². The first-order valence-corrected chi connectivity index (χ1v) is 14.7. The number of hydrogen-bond donors (Lipinski definition) is 1. The first kappa shape index (κ1) is 28.5. The minimum Gasteiger partial charge on any atom is -0.490 e. The zero-order valence-electron chi connectivity index (χ0n) is 23.2. The molecule has 1 aliphatic rings. The first-order chi connectivity index (χ1) is 19.9. The molecular weight excluding hydrogens is 584 g/mol. The average Bonchev–Trinajstić information content (AvgIpc) is 2.99. The first-order valence-electron chi connectivity index (χ1n) is 13.9. The summed E-state index contributed by atoms with van der Waals surface area (Å²) in [5.74, 6) is 1.49. The molecule has 1 amide bonds. The number of carbonyl (C=O) groups is 1. The van der Waals surface area contributed by atoms with E-state index in [9.17, 15) is 9.59 Å². The summed E-state index contributed by atoms with van der Waals surface area (Å²) in [4.78, 5) is 30.9. The van der Waals surface area contributed by atoms with Crippen molar-refractivity contribution in [2.24, 2.45) is 5.10 Å². The Balaban J connectivity index is 1.41. The van der Waals surface area contributed by atoms with Crippen molar-refractivity contribution in [3.63, 3.8) is 0 Å². The number of hydrogen-bond acceptors (Lipinski definition) is 6. The van der Waals surface area contributed by atoms with Crippen molar-refractivity contribution in [2.75, 3.05) is 18.5 Å². The van der Waals surface area contributed by atoms with Gasteiger partial charge in [-0.15, -0.1) is 0 Å². The van der Waals surface area contributed by atoms with Crippen LogP contribution in [0.1, 0.15) is 61.9 Å². The maximum atomic E-state index is 13.5. The topological polar surface area (TPSA) is 94.8 Å². The number of carbonyl (C=O) groups excluding carboxylic acids is 1. The van der Waals surface area contributed by atoms with E-state index in [4.69, 9.17) is 14.5 Å². The quantitative estimate of drug-likeness (QED) is 0.208. The molecule has 41 heavy (non-hydrogen) atoms. The number of nitrogens with zero attached hydrogens (tertiary/aromatic N) is 3. The normalized spacial score (nSPS) is 13.9. The van der Waals surface area contributed by atoms with Gasteiger partial charge >= 0.3 is 0 Å². The van der Waals surface area contributed by atoms with Gasteiger partial charge in [-0.1, -0.05) is 49.1 Å². The molecule has 1 N–H and O–H groups in total. The van der Waals surface area contributed by atoms with Gasteiger partial charge in [0.25, 0.3) is 11.5 Å². The Morgan fingerprint density at radius 2 is 1.80 bits per heavy atom. The van der Waals surface area contributed by atoms with Gasteiger partial charge in [0.2, 0.25) is 0 Å². The van der Waals surface area contributed by atoms with E-state index in [0.29, 0.717) is 50.6 Å². The molecule has 9 heteroatoms. The van der Waals surface area contributed by atoms with Crippen LogP contribution in [0.15, 0.2) is 75.0 Å². The van der Waals surface area contributed by atoms with Crippen molar-refractivity contribution >= 4 is 44.6 Å². The molecule has 1 aliphatic carbocycles. The molecule has 8 nitrogen and oxygen atoms in total. The summed E-state index contributed by atoms with van der Waals surface area (Å²) in [5.41, 5.74) is 3.01. The fraction of sp³-hybridized carbons (Fsp3) is 0.312. The number of amides is 1. The number of rotatable bonds is 9. The van der Waals surface area contributed by atoms with Gasteiger partial charge < -0.3 is 14.8 Å². The smallest absolute Gasteiger partial charge is 0.282 e. The third-order valence-corrected chi connectivity index (χ3v) is 7.81. The lowest BCUT2D eigenvalue weighted by Gasteiger charge is -2.22. The van der Waals surface area contributed by atoms with Crippen molar-refractivity contribution in [1.82, 2.24) is 9.66 Å². The minimum atomic E-state index is -0.281. The number of para-hydroxylation sites is 1. The lowest BCUT2D eigenvalue weighted by molar-refractivity contribution is -0.118. The SMILES string of the molecule is CCOc1cc(C=Nn2c(C3CCCCC3)nc3ccccc3c2=O)c(Br)cc1OCC(=O)Nc1ccc(C)cc1. The molecule has 0 radical (unpaired) electrons. The van der Waals surface area contributed by atoms with Crippen LogP contribution in [0.5, 0.6) is 11.5 Å². The van der Waals surface area contributed by atoms with Gasteiger partial charge in [-0.25, -0.2) is 4.98 Å². The standard InChI is InChI=1S/C32H33BrN4O4/c1-3-40-28-17-23(26(33)18-29(28)41-20-30(38)35-24-15-13-21(2)14-16-24)19-34-37-31(22-9-5-4-6-10-22)36-27-12-8-7-11-25(27)32(37)39/h7-8,11-19,22H,3-6,9-10,20H2,1-2H3,(H,35,38). The van der Waals surface area contributed by atoms with E-state index in [1.54, 1.807) is 24.4 Å². The van der Waals surface area contributed by atoms with Crippen LogP contribution in [0.2, 0.25) is 0 Å². The number of aryl methyl sites for hydroxylation is 1. The monoisotopic (exact) mass is 616 g/mol. The second-order valence-electron chi connectivity index (χ2n) is 10.1. The lowest BCUT2D eigenvalue weighted by Crippen LogP contribution is -2.25. The van der Waals surface area contributed by atoms with Crippen molar-refractivity contribution < 1.29 is 14.3 Å². The summed E-state index contributed by atoms with van der Waals surface area (Å²) in [7, 11) is 0. The Hall–Kier alpha value is -3.98. The van der Waals surface area contributed by atoms with E-state index >= 15 is 0 Å². The van der Waals surface area contributed by atoms with E-state index in [1.807, 2.05) is 56.3 Å². The van der Waals surface area contributed by atoms with Gasteiger partial charge in [-0.3, -0.25) is 9.59 Å². The molecule has 0 bridgehead atoms. The van der Waals surface area contributed by atoms with Gasteiger partial charge in [0.1, 0.15) is 5.82 Å². The number of anilines is 1. The molecule has 5 rings (SSSR count). The van der Waals surface area contributed by atoms with Crippen molar-refractivity contribution in [3.05, 3.63) is 92.4 Å². The third kappa shape index (κ3) is 6.85. The Kier molecular flexibility index (Phi) is 9.14. The molecule has 1 saturated carbocycles. The highest BCUT2D eigenvalue weighted by Crippen LogP contribution is 2.34. The molecule has 0 aliphatic heterocycles. The highest BCUT2D eigenvalue weighted by Gasteiger charge is 2.22. The molecule has 3 aromatic carbocycles. The predicted octanol–water partition coefficient (Wildman–Crippen LogP) is 6.81. The predicted molar refractivity (Wildman–Crippen MR) is 165 cm³/mol. The molecule has 0 unspecified atom stereocenters. The average molecular weight is 618 g/mol. The van der Waals surface area contributed by atoms with E-state index in [0.717, 1.165) is 31.2 Å². The number of benzene rings is 3. The Morgan fingerprint density at radius 3 is 2.56 bits per heavy atom. The van der Waals surface area contributed by atoms with Gasteiger partial charge in [0, 0.05) is 21.6 Å². The van der Waals surface area contributed by atoms with Crippen molar-refractivity contribution in [3.8, 4) is 11.5 Å². The number of ether oxygens (including phenoxy) is 2. The zero-order valence-corrected chi connectivity index (χ0v) is 24.8.